The normalized spacial score (nSPS) is 31.0. The Bertz CT molecular complexity index is 295. The van der Waals surface area contributed by atoms with Crippen molar-refractivity contribution < 1.29 is 9.90 Å². The lowest BCUT2D eigenvalue weighted by molar-refractivity contribution is -0.154. The summed E-state index contributed by atoms with van der Waals surface area (Å²) in [4.78, 5) is 13.9. The van der Waals surface area contributed by atoms with Gasteiger partial charge in [0.2, 0.25) is 0 Å². The van der Waals surface area contributed by atoms with E-state index in [-0.39, 0.29) is 0 Å². The summed E-state index contributed by atoms with van der Waals surface area (Å²) in [7, 11) is 0. The molecule has 1 N–H and O–H groups in total. The van der Waals surface area contributed by atoms with Crippen molar-refractivity contribution in [3.63, 3.8) is 0 Å². The summed E-state index contributed by atoms with van der Waals surface area (Å²) in [6.07, 6.45) is 7.97. The number of carboxylic acids is 1. The maximum atomic E-state index is 11.5. The number of carboxylic acid groups (broad SMARTS) is 1. The molecule has 3 fully saturated rings. The summed E-state index contributed by atoms with van der Waals surface area (Å²) in [5.41, 5.74) is 0.239. The van der Waals surface area contributed by atoms with Crippen LogP contribution in [0, 0.1) is 10.8 Å². The monoisotopic (exact) mass is 223 g/mol. The fourth-order valence-electron chi connectivity index (χ4n) is 3.60. The van der Waals surface area contributed by atoms with Crippen molar-refractivity contribution in [2.75, 3.05) is 19.6 Å². The Kier molecular flexibility index (Phi) is 2.29. The molecule has 0 aromatic carbocycles. The Hall–Kier alpha value is -0.570. The lowest BCUT2D eigenvalue weighted by Crippen LogP contribution is -2.54. The van der Waals surface area contributed by atoms with Crippen LogP contribution in [0.4, 0.5) is 0 Å². The summed E-state index contributed by atoms with van der Waals surface area (Å²) >= 11 is 0. The molecule has 2 aliphatic carbocycles. The minimum atomic E-state index is -0.552. The minimum absolute atomic E-state index is 0.408. The van der Waals surface area contributed by atoms with Crippen LogP contribution in [0.2, 0.25) is 0 Å². The molecule has 0 unspecified atom stereocenters. The second-order valence-electron chi connectivity index (χ2n) is 6.29. The molecule has 2 saturated carbocycles. The van der Waals surface area contributed by atoms with E-state index in [2.05, 4.69) is 4.90 Å². The van der Waals surface area contributed by atoms with Crippen molar-refractivity contribution in [1.82, 2.24) is 4.90 Å². The molecule has 1 spiro atoms. The maximum Gasteiger partial charge on any atom is 0.310 e. The van der Waals surface area contributed by atoms with Gasteiger partial charge in [0.05, 0.1) is 5.41 Å². The van der Waals surface area contributed by atoms with Crippen molar-refractivity contribution in [3.8, 4) is 0 Å². The molecule has 0 aromatic rings. The zero-order chi connectivity index (χ0) is 11.2. The molecular formula is C13H21NO2. The van der Waals surface area contributed by atoms with Crippen LogP contribution in [0.15, 0.2) is 0 Å². The fourth-order valence-corrected chi connectivity index (χ4v) is 3.60. The average Bonchev–Trinajstić information content (AvgIpc) is 2.98. The first kappa shape index (κ1) is 10.6. The molecule has 1 aliphatic heterocycles. The third-order valence-electron chi connectivity index (χ3n) is 4.87. The second kappa shape index (κ2) is 3.46. The first-order valence-electron chi connectivity index (χ1n) is 6.60. The Morgan fingerprint density at radius 1 is 1.06 bits per heavy atom. The molecule has 1 heterocycles. The third kappa shape index (κ3) is 1.65. The first-order chi connectivity index (χ1) is 7.64. The van der Waals surface area contributed by atoms with Gasteiger partial charge >= 0.3 is 5.97 Å². The van der Waals surface area contributed by atoms with Crippen molar-refractivity contribution >= 4 is 5.97 Å². The first-order valence-corrected chi connectivity index (χ1v) is 6.60. The molecule has 0 aromatic heterocycles. The number of hydrogen-bond acceptors (Lipinski definition) is 2. The molecule has 0 bridgehead atoms. The van der Waals surface area contributed by atoms with Gasteiger partial charge in [0, 0.05) is 19.6 Å². The van der Waals surface area contributed by atoms with Crippen molar-refractivity contribution in [2.45, 2.75) is 44.9 Å². The largest absolute Gasteiger partial charge is 0.481 e. The van der Waals surface area contributed by atoms with Gasteiger partial charge < -0.3 is 10.0 Å². The molecule has 90 valence electrons. The summed E-state index contributed by atoms with van der Waals surface area (Å²) < 4.78 is 0. The lowest BCUT2D eigenvalue weighted by Gasteiger charge is -2.46. The molecule has 0 radical (unpaired) electrons. The van der Waals surface area contributed by atoms with E-state index in [1.807, 2.05) is 0 Å². The molecule has 3 nitrogen and oxygen atoms in total. The molecular weight excluding hydrogens is 202 g/mol. The highest BCUT2D eigenvalue weighted by molar-refractivity contribution is 5.75. The topological polar surface area (TPSA) is 40.5 Å². The van der Waals surface area contributed by atoms with Crippen LogP contribution < -0.4 is 0 Å². The molecule has 0 atom stereocenters. The fraction of sp³-hybridized carbons (Fsp3) is 0.923. The number of rotatable bonds is 3. The van der Waals surface area contributed by atoms with Gasteiger partial charge in [-0.3, -0.25) is 4.79 Å². The standard InChI is InChI=1S/C13H21NO2/c15-11(16)13(4-2-1-3-5-13)10-14-8-12(9-14)6-7-12/h1-10H2,(H,15,16). The zero-order valence-electron chi connectivity index (χ0n) is 9.87. The predicted molar refractivity (Wildman–Crippen MR) is 61.3 cm³/mol. The Morgan fingerprint density at radius 3 is 2.19 bits per heavy atom. The second-order valence-corrected chi connectivity index (χ2v) is 6.29. The molecule has 3 heteroatoms. The number of hydrogen-bond donors (Lipinski definition) is 1. The van der Waals surface area contributed by atoms with Crippen molar-refractivity contribution in [2.24, 2.45) is 10.8 Å². The summed E-state index contributed by atoms with van der Waals surface area (Å²) in [6.45, 7) is 3.15. The van der Waals surface area contributed by atoms with Gasteiger partial charge in [-0.25, -0.2) is 0 Å². The highest BCUT2D eigenvalue weighted by atomic mass is 16.4. The van der Waals surface area contributed by atoms with Gasteiger partial charge in [0.1, 0.15) is 0 Å². The van der Waals surface area contributed by atoms with E-state index in [9.17, 15) is 9.90 Å². The zero-order valence-corrected chi connectivity index (χ0v) is 9.87. The van der Waals surface area contributed by atoms with Gasteiger partial charge in [-0.05, 0) is 31.1 Å². The van der Waals surface area contributed by atoms with Gasteiger partial charge in [-0.15, -0.1) is 0 Å². The third-order valence-corrected chi connectivity index (χ3v) is 4.87. The highest BCUT2D eigenvalue weighted by Crippen LogP contribution is 2.54. The predicted octanol–water partition coefficient (Wildman–Crippen LogP) is 2.12. The van der Waals surface area contributed by atoms with Crippen LogP contribution in [0.3, 0.4) is 0 Å². The van der Waals surface area contributed by atoms with Gasteiger partial charge in [-0.1, -0.05) is 19.3 Å². The Labute approximate surface area is 96.8 Å². The molecule has 0 amide bonds. The van der Waals surface area contributed by atoms with Crippen LogP contribution in [-0.4, -0.2) is 35.6 Å². The number of aliphatic carboxylic acids is 1. The van der Waals surface area contributed by atoms with E-state index in [0.29, 0.717) is 5.41 Å². The maximum absolute atomic E-state index is 11.5. The molecule has 1 saturated heterocycles. The van der Waals surface area contributed by atoms with E-state index in [4.69, 9.17) is 0 Å². The Balaban J connectivity index is 1.62. The van der Waals surface area contributed by atoms with Gasteiger partial charge in [0.15, 0.2) is 0 Å². The van der Waals surface area contributed by atoms with Crippen LogP contribution >= 0.6 is 0 Å². The van der Waals surface area contributed by atoms with E-state index in [1.54, 1.807) is 0 Å². The SMILES string of the molecule is O=C(O)C1(CN2CC3(CC3)C2)CCCCC1. The van der Waals surface area contributed by atoms with Crippen LogP contribution in [0.25, 0.3) is 0 Å². The van der Waals surface area contributed by atoms with Gasteiger partial charge in [-0.2, -0.15) is 0 Å². The number of likely N-dealkylation sites (tertiary alicyclic amines) is 1. The quantitative estimate of drug-likeness (QED) is 0.796. The summed E-state index contributed by atoms with van der Waals surface area (Å²) in [5, 5.41) is 9.48. The van der Waals surface area contributed by atoms with E-state index in [0.717, 1.165) is 32.2 Å². The van der Waals surface area contributed by atoms with Crippen molar-refractivity contribution in [1.29, 1.82) is 0 Å². The lowest BCUT2D eigenvalue weighted by atomic mass is 9.73. The summed E-state index contributed by atoms with van der Waals surface area (Å²) in [6, 6.07) is 0. The summed E-state index contributed by atoms with van der Waals surface area (Å²) in [5.74, 6) is -0.552. The molecule has 16 heavy (non-hydrogen) atoms. The van der Waals surface area contributed by atoms with Crippen LogP contribution in [-0.2, 0) is 4.79 Å². The van der Waals surface area contributed by atoms with E-state index >= 15 is 0 Å². The average molecular weight is 223 g/mol. The Morgan fingerprint density at radius 2 is 1.69 bits per heavy atom. The number of carbonyl (C=O) groups is 1. The highest BCUT2D eigenvalue weighted by Gasteiger charge is 2.54. The van der Waals surface area contributed by atoms with Crippen LogP contribution in [0.1, 0.15) is 44.9 Å². The van der Waals surface area contributed by atoms with E-state index in [1.165, 1.54) is 32.4 Å². The van der Waals surface area contributed by atoms with Crippen LogP contribution in [0.5, 0.6) is 0 Å². The van der Waals surface area contributed by atoms with Crippen molar-refractivity contribution in [3.05, 3.63) is 0 Å². The molecule has 3 rings (SSSR count). The van der Waals surface area contributed by atoms with E-state index < -0.39 is 11.4 Å². The minimum Gasteiger partial charge on any atom is -0.481 e. The smallest absolute Gasteiger partial charge is 0.310 e. The molecule has 3 aliphatic rings. The van der Waals surface area contributed by atoms with Gasteiger partial charge in [0.25, 0.3) is 0 Å². The number of nitrogens with zero attached hydrogens (tertiary/aromatic N) is 1.